The summed E-state index contributed by atoms with van der Waals surface area (Å²) in [7, 11) is -3.34. The second-order valence-corrected chi connectivity index (χ2v) is 5.41. The molecule has 76 valence electrons. The van der Waals surface area contributed by atoms with Gasteiger partial charge in [0.2, 0.25) is 10.0 Å². The lowest BCUT2D eigenvalue weighted by atomic mass is 9.84. The normalized spacial score (nSPS) is 29.9. The van der Waals surface area contributed by atoms with Crippen LogP contribution >= 0.6 is 0 Å². The largest absolute Gasteiger partial charge is 0.303 e. The summed E-state index contributed by atoms with van der Waals surface area (Å²) in [6.45, 7) is 0. The van der Waals surface area contributed by atoms with Gasteiger partial charge in [-0.2, -0.15) is 0 Å². The number of primary sulfonamides is 1. The van der Waals surface area contributed by atoms with Crippen LogP contribution in [0.4, 0.5) is 0 Å². The number of hydrogen-bond donors (Lipinski definition) is 1. The topological polar surface area (TPSA) is 77.2 Å². The highest BCUT2D eigenvalue weighted by Gasteiger charge is 2.23. The molecule has 5 heteroatoms. The zero-order chi connectivity index (χ0) is 9.90. The smallest absolute Gasteiger partial charge is 0.209 e. The first kappa shape index (κ1) is 10.7. The molecular formula is C8H15NO3S. The lowest BCUT2D eigenvalue weighted by Gasteiger charge is -2.24. The molecule has 1 fully saturated rings. The zero-order valence-corrected chi connectivity index (χ0v) is 8.29. The minimum atomic E-state index is -3.34. The molecule has 0 heterocycles. The van der Waals surface area contributed by atoms with E-state index < -0.39 is 10.0 Å². The van der Waals surface area contributed by atoms with Gasteiger partial charge in [0.15, 0.2) is 0 Å². The minimum Gasteiger partial charge on any atom is -0.303 e. The minimum absolute atomic E-state index is 0.0680. The van der Waals surface area contributed by atoms with Gasteiger partial charge in [-0.05, 0) is 31.6 Å². The number of carbonyl (C=O) groups excluding carboxylic acids is 1. The van der Waals surface area contributed by atoms with E-state index in [4.69, 9.17) is 5.14 Å². The van der Waals surface area contributed by atoms with Crippen LogP contribution in [0.25, 0.3) is 0 Å². The first-order valence-electron chi connectivity index (χ1n) is 4.47. The van der Waals surface area contributed by atoms with Gasteiger partial charge in [-0.1, -0.05) is 0 Å². The second-order valence-electron chi connectivity index (χ2n) is 3.75. The third-order valence-corrected chi connectivity index (χ3v) is 3.49. The number of nitrogens with two attached hydrogens (primary N) is 1. The Hall–Kier alpha value is -0.420. The van der Waals surface area contributed by atoms with Gasteiger partial charge in [0.25, 0.3) is 0 Å². The van der Waals surface area contributed by atoms with Crippen molar-refractivity contribution in [1.82, 2.24) is 0 Å². The molecule has 13 heavy (non-hydrogen) atoms. The van der Waals surface area contributed by atoms with E-state index in [2.05, 4.69) is 0 Å². The first-order chi connectivity index (χ1) is 6.01. The summed E-state index contributed by atoms with van der Waals surface area (Å²) >= 11 is 0. The Morgan fingerprint density at radius 3 is 2.15 bits per heavy atom. The van der Waals surface area contributed by atoms with E-state index in [9.17, 15) is 13.2 Å². The Balaban J connectivity index is 2.37. The summed E-state index contributed by atoms with van der Waals surface area (Å²) in [6.07, 6.45) is 4.19. The Bertz CT molecular complexity index is 265. The molecule has 0 spiro atoms. The van der Waals surface area contributed by atoms with Crippen LogP contribution < -0.4 is 5.14 Å². The highest BCUT2D eigenvalue weighted by molar-refractivity contribution is 7.89. The average molecular weight is 205 g/mol. The van der Waals surface area contributed by atoms with Crippen LogP contribution in [0.15, 0.2) is 0 Å². The maximum Gasteiger partial charge on any atom is 0.209 e. The maximum atomic E-state index is 10.8. The Kier molecular flexibility index (Phi) is 3.44. The number of sulfonamides is 1. The molecule has 0 atom stereocenters. The van der Waals surface area contributed by atoms with Crippen LogP contribution in [0, 0.1) is 11.8 Å². The van der Waals surface area contributed by atoms with Crippen molar-refractivity contribution in [2.24, 2.45) is 17.0 Å². The summed E-state index contributed by atoms with van der Waals surface area (Å²) in [4.78, 5) is 10.4. The molecule has 2 N–H and O–H groups in total. The molecule has 0 bridgehead atoms. The summed E-state index contributed by atoms with van der Waals surface area (Å²) in [5, 5.41) is 4.94. The number of aldehydes is 1. The molecule has 1 saturated carbocycles. The molecule has 1 rings (SSSR count). The molecule has 0 unspecified atom stereocenters. The quantitative estimate of drug-likeness (QED) is 0.672. The number of hydrogen-bond acceptors (Lipinski definition) is 3. The fourth-order valence-electron chi connectivity index (χ4n) is 1.82. The van der Waals surface area contributed by atoms with E-state index in [1.54, 1.807) is 0 Å². The van der Waals surface area contributed by atoms with Gasteiger partial charge in [-0.15, -0.1) is 0 Å². The lowest BCUT2D eigenvalue weighted by Crippen LogP contribution is -2.26. The van der Waals surface area contributed by atoms with Crippen molar-refractivity contribution >= 4 is 16.3 Å². The van der Waals surface area contributed by atoms with E-state index in [1.165, 1.54) is 0 Å². The van der Waals surface area contributed by atoms with Gasteiger partial charge in [0, 0.05) is 5.92 Å². The summed E-state index contributed by atoms with van der Waals surface area (Å²) < 4.78 is 21.5. The third kappa shape index (κ3) is 3.87. The van der Waals surface area contributed by atoms with Gasteiger partial charge < -0.3 is 4.79 Å². The van der Waals surface area contributed by atoms with Crippen LogP contribution in [-0.4, -0.2) is 20.5 Å². The highest BCUT2D eigenvalue weighted by Crippen LogP contribution is 2.27. The molecule has 0 aromatic rings. The molecule has 1 aliphatic rings. The number of carbonyl (C=O) groups is 1. The van der Waals surface area contributed by atoms with Gasteiger partial charge in [-0.3, -0.25) is 0 Å². The van der Waals surface area contributed by atoms with E-state index in [-0.39, 0.29) is 17.6 Å². The predicted octanol–water partition coefficient (Wildman–Crippen LogP) is 0.280. The zero-order valence-electron chi connectivity index (χ0n) is 7.48. The molecule has 1 aliphatic carbocycles. The van der Waals surface area contributed by atoms with Crippen LogP contribution in [-0.2, 0) is 14.8 Å². The lowest BCUT2D eigenvalue weighted by molar-refractivity contribution is -0.112. The molecule has 0 radical (unpaired) electrons. The average Bonchev–Trinajstić information content (AvgIpc) is 2.03. The van der Waals surface area contributed by atoms with Gasteiger partial charge >= 0.3 is 0 Å². The van der Waals surface area contributed by atoms with Crippen molar-refractivity contribution in [3.05, 3.63) is 0 Å². The van der Waals surface area contributed by atoms with Crippen molar-refractivity contribution in [3.63, 3.8) is 0 Å². The van der Waals surface area contributed by atoms with Gasteiger partial charge in [0.1, 0.15) is 6.29 Å². The van der Waals surface area contributed by atoms with Crippen molar-refractivity contribution < 1.29 is 13.2 Å². The van der Waals surface area contributed by atoms with Crippen LogP contribution in [0.2, 0.25) is 0 Å². The monoisotopic (exact) mass is 205 g/mol. The maximum absolute atomic E-state index is 10.8. The van der Waals surface area contributed by atoms with E-state index in [0.29, 0.717) is 0 Å². The first-order valence-corrected chi connectivity index (χ1v) is 6.18. The third-order valence-electron chi connectivity index (χ3n) is 2.55. The van der Waals surface area contributed by atoms with Crippen molar-refractivity contribution in [3.8, 4) is 0 Å². The Labute approximate surface area is 78.6 Å². The van der Waals surface area contributed by atoms with E-state index in [0.717, 1.165) is 32.0 Å². The summed E-state index contributed by atoms with van der Waals surface area (Å²) in [6, 6.07) is 0. The van der Waals surface area contributed by atoms with Gasteiger partial charge in [-0.25, -0.2) is 13.6 Å². The standard InChI is InChI=1S/C8H15NO3S/c9-13(11,12)6-8-3-1-7(5-10)2-4-8/h5,7-8H,1-4,6H2,(H2,9,11,12). The van der Waals surface area contributed by atoms with Crippen molar-refractivity contribution in [1.29, 1.82) is 0 Å². The highest BCUT2D eigenvalue weighted by atomic mass is 32.2. The second kappa shape index (κ2) is 4.19. The molecule has 4 nitrogen and oxygen atoms in total. The predicted molar refractivity (Wildman–Crippen MR) is 49.5 cm³/mol. The van der Waals surface area contributed by atoms with Crippen LogP contribution in [0.3, 0.4) is 0 Å². The molecular weight excluding hydrogens is 190 g/mol. The Morgan fingerprint density at radius 2 is 1.77 bits per heavy atom. The van der Waals surface area contributed by atoms with E-state index >= 15 is 0 Å². The molecule has 0 aromatic carbocycles. The fourth-order valence-corrected chi connectivity index (χ4v) is 2.81. The Morgan fingerprint density at radius 1 is 1.23 bits per heavy atom. The van der Waals surface area contributed by atoms with Crippen molar-refractivity contribution in [2.45, 2.75) is 25.7 Å². The molecule has 0 aromatic heterocycles. The fraction of sp³-hybridized carbons (Fsp3) is 0.875. The summed E-state index contributed by atoms with van der Waals surface area (Å²) in [5.41, 5.74) is 0. The van der Waals surface area contributed by atoms with Crippen molar-refractivity contribution in [2.75, 3.05) is 5.75 Å². The molecule has 0 aliphatic heterocycles. The molecule has 0 saturated heterocycles. The van der Waals surface area contributed by atoms with Crippen LogP contribution in [0.5, 0.6) is 0 Å². The SMILES string of the molecule is NS(=O)(=O)CC1CCC(C=O)CC1. The molecule has 0 amide bonds. The van der Waals surface area contributed by atoms with E-state index in [1.807, 2.05) is 0 Å². The van der Waals surface area contributed by atoms with Gasteiger partial charge in [0.05, 0.1) is 5.75 Å². The van der Waals surface area contributed by atoms with Crippen LogP contribution in [0.1, 0.15) is 25.7 Å². The summed E-state index contributed by atoms with van der Waals surface area (Å²) in [5.74, 6) is 0.362. The number of rotatable bonds is 3.